The summed E-state index contributed by atoms with van der Waals surface area (Å²) in [6, 6.07) is 7.07. The Morgan fingerprint density at radius 1 is 1.21 bits per heavy atom. The molecule has 9 heteroatoms. The molecule has 0 saturated heterocycles. The largest absolute Gasteiger partial charge is 0.493 e. The number of aryl methyl sites for hydroxylation is 1. The molecule has 0 bridgehead atoms. The quantitative estimate of drug-likeness (QED) is 0.605. The molecule has 0 fully saturated rings. The molecule has 0 saturated carbocycles. The third-order valence-corrected chi connectivity index (χ3v) is 5.37. The van der Waals surface area contributed by atoms with E-state index in [0.29, 0.717) is 28.2 Å². The Balaban J connectivity index is 1.70. The predicted octanol–water partition coefficient (Wildman–Crippen LogP) is 3.52. The minimum absolute atomic E-state index is 0.152. The van der Waals surface area contributed by atoms with Crippen LogP contribution in [0.1, 0.15) is 12.7 Å². The highest BCUT2D eigenvalue weighted by molar-refractivity contribution is 8.00. The van der Waals surface area contributed by atoms with Crippen LogP contribution < -0.4 is 14.8 Å². The molecule has 2 heterocycles. The van der Waals surface area contributed by atoms with Gasteiger partial charge in [-0.1, -0.05) is 11.8 Å². The summed E-state index contributed by atoms with van der Waals surface area (Å²) >= 11 is 1.33. The van der Waals surface area contributed by atoms with E-state index in [-0.39, 0.29) is 11.2 Å². The Morgan fingerprint density at radius 2 is 1.96 bits per heavy atom. The summed E-state index contributed by atoms with van der Waals surface area (Å²) in [7, 11) is 4.98. The zero-order valence-corrected chi connectivity index (χ0v) is 17.2. The summed E-state index contributed by atoms with van der Waals surface area (Å²) in [4.78, 5) is 12.6. The molecule has 1 atom stereocenters. The normalized spacial score (nSPS) is 11.9. The van der Waals surface area contributed by atoms with Crippen LogP contribution in [0.3, 0.4) is 0 Å². The SMILES string of the molecule is COc1ccc(NC(=O)[C@H](C)Sc2nnc(-c3ccoc3C)n2C)cc1OC. The van der Waals surface area contributed by atoms with E-state index in [4.69, 9.17) is 13.9 Å². The molecule has 0 radical (unpaired) electrons. The first-order chi connectivity index (χ1) is 13.4. The van der Waals surface area contributed by atoms with E-state index in [2.05, 4.69) is 15.5 Å². The molecule has 8 nitrogen and oxygen atoms in total. The summed E-state index contributed by atoms with van der Waals surface area (Å²) in [6.45, 7) is 3.69. The van der Waals surface area contributed by atoms with Gasteiger partial charge in [-0.05, 0) is 32.0 Å². The van der Waals surface area contributed by atoms with Gasteiger partial charge < -0.3 is 23.8 Å². The molecule has 1 N–H and O–H groups in total. The number of thioether (sulfide) groups is 1. The number of methoxy groups -OCH3 is 2. The average Bonchev–Trinajstić information content (AvgIpc) is 3.27. The van der Waals surface area contributed by atoms with Crippen molar-refractivity contribution in [1.29, 1.82) is 0 Å². The zero-order chi connectivity index (χ0) is 20.3. The van der Waals surface area contributed by atoms with Gasteiger partial charge in [0.05, 0.1) is 31.3 Å². The van der Waals surface area contributed by atoms with E-state index in [1.807, 2.05) is 31.5 Å². The predicted molar refractivity (Wildman–Crippen MR) is 107 cm³/mol. The molecule has 1 aromatic carbocycles. The first-order valence-electron chi connectivity index (χ1n) is 8.58. The Hall–Kier alpha value is -2.94. The Bertz CT molecular complexity index is 982. The van der Waals surface area contributed by atoms with Gasteiger partial charge in [0.25, 0.3) is 0 Å². The van der Waals surface area contributed by atoms with Crippen LogP contribution in [0.15, 0.2) is 40.1 Å². The number of hydrogen-bond donors (Lipinski definition) is 1. The van der Waals surface area contributed by atoms with E-state index < -0.39 is 0 Å². The molecule has 148 valence electrons. The lowest BCUT2D eigenvalue weighted by Gasteiger charge is -2.13. The molecule has 2 aromatic heterocycles. The number of carbonyl (C=O) groups excluding carboxylic acids is 1. The number of nitrogens with zero attached hydrogens (tertiary/aromatic N) is 3. The van der Waals surface area contributed by atoms with Crippen LogP contribution in [-0.2, 0) is 11.8 Å². The van der Waals surface area contributed by atoms with Gasteiger partial charge in [0.1, 0.15) is 5.76 Å². The molecule has 0 aliphatic heterocycles. The van der Waals surface area contributed by atoms with Gasteiger partial charge in [0.2, 0.25) is 5.91 Å². The monoisotopic (exact) mass is 402 g/mol. The standard InChI is InChI=1S/C19H22N4O4S/c1-11-14(8-9-27-11)17-21-22-19(23(17)3)28-12(2)18(24)20-13-6-7-15(25-4)16(10-13)26-5/h6-10,12H,1-5H3,(H,20,24)/t12-/m0/s1. The molecule has 0 aliphatic rings. The highest BCUT2D eigenvalue weighted by Gasteiger charge is 2.21. The summed E-state index contributed by atoms with van der Waals surface area (Å²) in [5.74, 6) is 2.46. The molecular weight excluding hydrogens is 380 g/mol. The zero-order valence-electron chi connectivity index (χ0n) is 16.3. The maximum atomic E-state index is 12.6. The lowest BCUT2D eigenvalue weighted by Crippen LogP contribution is -2.22. The summed E-state index contributed by atoms with van der Waals surface area (Å²) in [6.07, 6.45) is 1.62. The summed E-state index contributed by atoms with van der Waals surface area (Å²) < 4.78 is 17.7. The van der Waals surface area contributed by atoms with Crippen molar-refractivity contribution in [2.45, 2.75) is 24.3 Å². The van der Waals surface area contributed by atoms with Crippen molar-refractivity contribution in [3.8, 4) is 22.9 Å². The second kappa shape index (κ2) is 8.39. The Labute approximate surface area is 167 Å². The van der Waals surface area contributed by atoms with E-state index in [9.17, 15) is 4.79 Å². The van der Waals surface area contributed by atoms with Crippen molar-refractivity contribution in [3.63, 3.8) is 0 Å². The average molecular weight is 402 g/mol. The second-order valence-corrected chi connectivity index (χ2v) is 7.38. The maximum absolute atomic E-state index is 12.6. The number of carbonyl (C=O) groups is 1. The number of nitrogens with one attached hydrogen (secondary N) is 1. The van der Waals surface area contributed by atoms with Crippen LogP contribution in [0, 0.1) is 6.92 Å². The van der Waals surface area contributed by atoms with Gasteiger partial charge >= 0.3 is 0 Å². The van der Waals surface area contributed by atoms with E-state index in [0.717, 1.165) is 11.3 Å². The summed E-state index contributed by atoms with van der Waals surface area (Å²) in [5, 5.41) is 11.6. The van der Waals surface area contributed by atoms with E-state index in [1.165, 1.54) is 11.8 Å². The molecule has 3 rings (SSSR count). The van der Waals surface area contributed by atoms with Crippen molar-refractivity contribution in [1.82, 2.24) is 14.8 Å². The van der Waals surface area contributed by atoms with Crippen molar-refractivity contribution in [3.05, 3.63) is 36.3 Å². The highest BCUT2D eigenvalue weighted by Crippen LogP contribution is 2.31. The lowest BCUT2D eigenvalue weighted by atomic mass is 10.2. The fourth-order valence-corrected chi connectivity index (χ4v) is 3.45. The maximum Gasteiger partial charge on any atom is 0.237 e. The number of ether oxygens (including phenoxy) is 2. The van der Waals surface area contributed by atoms with Crippen LogP contribution in [-0.4, -0.2) is 40.1 Å². The van der Waals surface area contributed by atoms with Crippen molar-refractivity contribution in [2.24, 2.45) is 7.05 Å². The molecule has 0 aliphatic carbocycles. The number of hydrogen-bond acceptors (Lipinski definition) is 7. The van der Waals surface area contributed by atoms with Crippen LogP contribution in [0.25, 0.3) is 11.4 Å². The molecular formula is C19H22N4O4S. The van der Waals surface area contributed by atoms with Crippen molar-refractivity contribution in [2.75, 3.05) is 19.5 Å². The second-order valence-electron chi connectivity index (χ2n) is 6.07. The molecule has 0 spiro atoms. The van der Waals surface area contributed by atoms with Gasteiger partial charge in [-0.3, -0.25) is 4.79 Å². The topological polar surface area (TPSA) is 91.4 Å². The Morgan fingerprint density at radius 3 is 2.61 bits per heavy atom. The number of amides is 1. The number of aromatic nitrogens is 3. The molecule has 28 heavy (non-hydrogen) atoms. The van der Waals surface area contributed by atoms with Crippen LogP contribution >= 0.6 is 11.8 Å². The van der Waals surface area contributed by atoms with Crippen LogP contribution in [0.2, 0.25) is 0 Å². The van der Waals surface area contributed by atoms with Crippen molar-refractivity contribution >= 4 is 23.4 Å². The molecule has 3 aromatic rings. The number of anilines is 1. The third kappa shape index (κ3) is 3.99. The molecule has 1 amide bonds. The van der Waals surface area contributed by atoms with Crippen molar-refractivity contribution < 1.29 is 18.7 Å². The first-order valence-corrected chi connectivity index (χ1v) is 9.46. The Kier molecular flexibility index (Phi) is 5.93. The van der Waals surface area contributed by atoms with Crippen LogP contribution in [0.5, 0.6) is 11.5 Å². The van der Waals surface area contributed by atoms with Crippen LogP contribution in [0.4, 0.5) is 5.69 Å². The van der Waals surface area contributed by atoms with Gasteiger partial charge in [-0.25, -0.2) is 0 Å². The lowest BCUT2D eigenvalue weighted by molar-refractivity contribution is -0.115. The minimum atomic E-state index is -0.380. The minimum Gasteiger partial charge on any atom is -0.493 e. The summed E-state index contributed by atoms with van der Waals surface area (Å²) in [5.41, 5.74) is 1.51. The van der Waals surface area contributed by atoms with Gasteiger partial charge in [0, 0.05) is 18.8 Å². The first kappa shape index (κ1) is 19.8. The molecule has 0 unspecified atom stereocenters. The number of furan rings is 1. The smallest absolute Gasteiger partial charge is 0.237 e. The van der Waals surface area contributed by atoms with Gasteiger partial charge in [-0.15, -0.1) is 10.2 Å². The van der Waals surface area contributed by atoms with E-state index >= 15 is 0 Å². The number of benzene rings is 1. The third-order valence-electron chi connectivity index (χ3n) is 4.24. The number of rotatable bonds is 7. The van der Waals surface area contributed by atoms with E-state index in [1.54, 1.807) is 38.7 Å². The fraction of sp³-hybridized carbons (Fsp3) is 0.316. The highest BCUT2D eigenvalue weighted by atomic mass is 32.2. The van der Waals surface area contributed by atoms with Gasteiger partial charge in [-0.2, -0.15) is 0 Å². The fourth-order valence-electron chi connectivity index (χ4n) is 2.64. The van der Waals surface area contributed by atoms with Gasteiger partial charge in [0.15, 0.2) is 22.5 Å².